The molecule has 0 unspecified atom stereocenters. The largest absolute Gasteiger partial charge is 0.343 e. The highest BCUT2D eigenvalue weighted by atomic mass is 16.2. The second-order valence-electron chi connectivity index (χ2n) is 5.68. The number of carbonyl (C=O) groups is 4. The van der Waals surface area contributed by atoms with Gasteiger partial charge in [0.05, 0.1) is 5.41 Å². The Labute approximate surface area is 115 Å². The van der Waals surface area contributed by atoms with E-state index in [1.807, 2.05) is 7.05 Å². The summed E-state index contributed by atoms with van der Waals surface area (Å²) in [6.45, 7) is 1.22. The second kappa shape index (κ2) is 4.27. The fraction of sp³-hybridized carbons (Fsp3) is 0.667. The van der Waals surface area contributed by atoms with E-state index in [9.17, 15) is 19.2 Å². The first-order valence-corrected chi connectivity index (χ1v) is 6.60. The van der Waals surface area contributed by atoms with Crippen LogP contribution in [0.3, 0.4) is 0 Å². The normalized spacial score (nSPS) is 26.9. The molecule has 8 nitrogen and oxygen atoms in total. The van der Waals surface area contributed by atoms with E-state index in [4.69, 9.17) is 0 Å². The van der Waals surface area contributed by atoms with Crippen LogP contribution in [0.25, 0.3) is 0 Å². The summed E-state index contributed by atoms with van der Waals surface area (Å²) in [6.07, 6.45) is 1.33. The van der Waals surface area contributed by atoms with E-state index in [1.165, 1.54) is 0 Å². The van der Waals surface area contributed by atoms with Gasteiger partial charge in [-0.15, -0.1) is 0 Å². The number of piperidine rings is 1. The molecular weight excluding hydrogens is 264 g/mol. The van der Waals surface area contributed by atoms with Crippen molar-refractivity contribution in [3.8, 4) is 0 Å². The van der Waals surface area contributed by atoms with Crippen molar-refractivity contribution in [2.24, 2.45) is 5.41 Å². The molecule has 108 valence electrons. The average Bonchev–Trinajstić information content (AvgIpc) is 2.82. The van der Waals surface area contributed by atoms with Gasteiger partial charge in [0, 0.05) is 6.42 Å². The summed E-state index contributed by atoms with van der Waals surface area (Å²) in [4.78, 5) is 49.7. The minimum atomic E-state index is -0.707. The van der Waals surface area contributed by atoms with Gasteiger partial charge in [0.25, 0.3) is 5.91 Å². The van der Waals surface area contributed by atoms with Gasteiger partial charge in [0.1, 0.15) is 6.54 Å². The van der Waals surface area contributed by atoms with Gasteiger partial charge in [-0.25, -0.2) is 9.80 Å². The Morgan fingerprint density at radius 2 is 1.75 bits per heavy atom. The topological polar surface area (TPSA) is 90.0 Å². The summed E-state index contributed by atoms with van der Waals surface area (Å²) in [6, 6.07) is -0.707. The molecule has 3 fully saturated rings. The van der Waals surface area contributed by atoms with Crippen LogP contribution >= 0.6 is 0 Å². The highest BCUT2D eigenvalue weighted by Gasteiger charge is 2.55. The minimum Gasteiger partial charge on any atom is -0.306 e. The van der Waals surface area contributed by atoms with E-state index in [1.54, 1.807) is 0 Å². The van der Waals surface area contributed by atoms with E-state index >= 15 is 0 Å². The third-order valence-electron chi connectivity index (χ3n) is 4.33. The van der Waals surface area contributed by atoms with Gasteiger partial charge in [-0.05, 0) is 33.0 Å². The first-order valence-electron chi connectivity index (χ1n) is 6.60. The number of nitrogens with zero attached hydrogens (tertiary/aromatic N) is 3. The van der Waals surface area contributed by atoms with Gasteiger partial charge < -0.3 is 4.90 Å². The average molecular weight is 280 g/mol. The van der Waals surface area contributed by atoms with Gasteiger partial charge in [-0.3, -0.25) is 19.7 Å². The van der Waals surface area contributed by atoms with Gasteiger partial charge in [-0.1, -0.05) is 0 Å². The number of hydrazine groups is 1. The number of nitrogens with one attached hydrogen (secondary N) is 1. The molecule has 3 aliphatic rings. The molecule has 0 radical (unpaired) electrons. The Hall–Kier alpha value is -1.96. The smallest absolute Gasteiger partial charge is 0.306 e. The van der Waals surface area contributed by atoms with Crippen LogP contribution in [0.15, 0.2) is 0 Å². The molecule has 0 atom stereocenters. The predicted octanol–water partition coefficient (Wildman–Crippen LogP) is -1.08. The number of urea groups is 1. The number of rotatable bonds is 1. The number of hydrogen-bond donors (Lipinski definition) is 1. The zero-order valence-electron chi connectivity index (χ0n) is 11.2. The number of imide groups is 2. The third-order valence-corrected chi connectivity index (χ3v) is 4.33. The highest BCUT2D eigenvalue weighted by Crippen LogP contribution is 2.42. The van der Waals surface area contributed by atoms with Crippen LogP contribution in [-0.4, -0.2) is 65.4 Å². The quantitative estimate of drug-likeness (QED) is 0.487. The van der Waals surface area contributed by atoms with E-state index in [2.05, 4.69) is 10.2 Å². The maximum absolute atomic E-state index is 12.6. The Bertz CT molecular complexity index is 510. The number of likely N-dealkylation sites (tertiary alicyclic amines) is 1. The number of hydrogen-bond acceptors (Lipinski definition) is 5. The molecule has 3 aliphatic heterocycles. The lowest BCUT2D eigenvalue weighted by atomic mass is 9.77. The van der Waals surface area contributed by atoms with Crippen molar-refractivity contribution in [2.75, 3.05) is 26.7 Å². The summed E-state index contributed by atoms with van der Waals surface area (Å²) in [7, 11) is 1.97. The van der Waals surface area contributed by atoms with E-state index in [0.717, 1.165) is 23.1 Å². The Morgan fingerprint density at radius 1 is 1.10 bits per heavy atom. The van der Waals surface area contributed by atoms with E-state index in [-0.39, 0.29) is 18.9 Å². The van der Waals surface area contributed by atoms with Crippen LogP contribution in [0, 0.1) is 5.41 Å². The van der Waals surface area contributed by atoms with Crippen molar-refractivity contribution >= 4 is 23.8 Å². The molecule has 3 saturated heterocycles. The van der Waals surface area contributed by atoms with Gasteiger partial charge >= 0.3 is 6.03 Å². The Balaban J connectivity index is 1.84. The summed E-state index contributed by atoms with van der Waals surface area (Å²) < 4.78 is 0. The summed E-state index contributed by atoms with van der Waals surface area (Å²) in [5.74, 6) is -1.25. The van der Waals surface area contributed by atoms with E-state index in [0.29, 0.717) is 12.8 Å². The lowest BCUT2D eigenvalue weighted by Gasteiger charge is -2.36. The van der Waals surface area contributed by atoms with Gasteiger partial charge in [0.15, 0.2) is 0 Å². The van der Waals surface area contributed by atoms with Crippen molar-refractivity contribution in [1.82, 2.24) is 20.2 Å². The lowest BCUT2D eigenvalue weighted by molar-refractivity contribution is -0.155. The van der Waals surface area contributed by atoms with Crippen molar-refractivity contribution < 1.29 is 19.2 Å². The Kier molecular flexibility index (Phi) is 2.79. The fourth-order valence-electron chi connectivity index (χ4n) is 3.05. The van der Waals surface area contributed by atoms with Crippen LogP contribution in [0.4, 0.5) is 4.79 Å². The van der Waals surface area contributed by atoms with E-state index < -0.39 is 23.3 Å². The Morgan fingerprint density at radius 3 is 2.30 bits per heavy atom. The molecule has 20 heavy (non-hydrogen) atoms. The monoisotopic (exact) mass is 280 g/mol. The molecule has 1 spiro atoms. The van der Waals surface area contributed by atoms with Gasteiger partial charge in [-0.2, -0.15) is 5.01 Å². The van der Waals surface area contributed by atoms with Crippen molar-refractivity contribution in [1.29, 1.82) is 0 Å². The number of amides is 5. The third kappa shape index (κ3) is 1.79. The van der Waals surface area contributed by atoms with Crippen LogP contribution in [0.2, 0.25) is 0 Å². The van der Waals surface area contributed by atoms with Crippen molar-refractivity contribution in [3.63, 3.8) is 0 Å². The first kappa shape index (κ1) is 13.0. The highest BCUT2D eigenvalue weighted by molar-refractivity contribution is 6.10. The minimum absolute atomic E-state index is 0.123. The molecule has 0 saturated carbocycles. The maximum Gasteiger partial charge on any atom is 0.343 e. The van der Waals surface area contributed by atoms with Crippen LogP contribution in [0.1, 0.15) is 19.3 Å². The van der Waals surface area contributed by atoms with Crippen LogP contribution in [-0.2, 0) is 14.4 Å². The summed E-state index contributed by atoms with van der Waals surface area (Å²) >= 11 is 0. The molecular formula is C12H16N4O4. The molecule has 0 bridgehead atoms. The second-order valence-corrected chi connectivity index (χ2v) is 5.68. The molecule has 5 amide bonds. The maximum atomic E-state index is 12.6. The molecule has 0 aromatic carbocycles. The summed E-state index contributed by atoms with van der Waals surface area (Å²) in [5.41, 5.74) is -0.699. The standard InChI is InChI=1S/C12H16N4O4/c1-14-4-2-12(3-5-14)6-9(18)16(10(12)19)15-7-8(17)13-11(15)20/h2-7H2,1H3,(H,13,17,20). The number of carbonyl (C=O) groups excluding carboxylic acids is 4. The van der Waals surface area contributed by atoms with Crippen molar-refractivity contribution in [2.45, 2.75) is 19.3 Å². The predicted molar refractivity (Wildman–Crippen MR) is 65.9 cm³/mol. The molecule has 0 aromatic heterocycles. The van der Waals surface area contributed by atoms with Gasteiger partial charge in [0.2, 0.25) is 11.8 Å². The van der Waals surface area contributed by atoms with Crippen LogP contribution in [0.5, 0.6) is 0 Å². The SMILES string of the molecule is CN1CCC2(CC1)CC(=O)N(N1CC(=O)NC1=O)C2=O. The molecule has 8 heteroatoms. The zero-order valence-corrected chi connectivity index (χ0v) is 11.2. The molecule has 3 rings (SSSR count). The summed E-state index contributed by atoms with van der Waals surface area (Å²) in [5, 5.41) is 3.86. The van der Waals surface area contributed by atoms with Crippen molar-refractivity contribution in [3.05, 3.63) is 0 Å². The zero-order chi connectivity index (χ0) is 14.5. The molecule has 1 N–H and O–H groups in total. The molecule has 0 aliphatic carbocycles. The first-order chi connectivity index (χ1) is 9.43. The van der Waals surface area contributed by atoms with Crippen LogP contribution < -0.4 is 5.32 Å². The molecule has 3 heterocycles. The fourth-order valence-corrected chi connectivity index (χ4v) is 3.05. The molecule has 0 aromatic rings. The lowest BCUT2D eigenvalue weighted by Crippen LogP contribution is -2.51.